The molecule has 2 aromatic carbocycles. The molecule has 1 aliphatic rings. The molecule has 0 aromatic heterocycles. The van der Waals surface area contributed by atoms with Gasteiger partial charge in [0, 0.05) is 36.4 Å². The molecule has 3 rings (SSSR count). The van der Waals surface area contributed by atoms with Crippen molar-refractivity contribution >= 4 is 11.6 Å². The van der Waals surface area contributed by atoms with E-state index in [1.165, 1.54) is 12.1 Å². The van der Waals surface area contributed by atoms with E-state index in [9.17, 15) is 20.1 Å². The number of fused-ring (bicyclic) bond motifs is 1. The molecular weight excluding hydrogens is 294 g/mol. The van der Waals surface area contributed by atoms with Gasteiger partial charge in [-0.25, -0.2) is 0 Å². The monoisotopic (exact) mass is 313 g/mol. The largest absolute Gasteiger partial charge is 0.508 e. The molecule has 0 unspecified atom stereocenters. The van der Waals surface area contributed by atoms with Gasteiger partial charge >= 0.3 is 0 Å². The van der Waals surface area contributed by atoms with Crippen LogP contribution in [0.25, 0.3) is 0 Å². The molecule has 0 bridgehead atoms. The Hall–Kier alpha value is -2.53. The average Bonchev–Trinajstić information content (AvgIpc) is 2.55. The second-order valence-electron chi connectivity index (χ2n) is 5.72. The fourth-order valence-corrected chi connectivity index (χ4v) is 3.19. The number of phenols is 2. The SMILES string of the molecule is O=C(c1ccccc1)N1CC[C@@H](CCO)c2c(O)cc(O)cc21. The summed E-state index contributed by atoms with van der Waals surface area (Å²) in [4.78, 5) is 14.3. The van der Waals surface area contributed by atoms with Gasteiger partial charge in [0.1, 0.15) is 11.5 Å². The molecule has 0 saturated carbocycles. The van der Waals surface area contributed by atoms with Crippen LogP contribution < -0.4 is 4.90 Å². The van der Waals surface area contributed by atoms with Crippen LogP contribution in [0, 0.1) is 0 Å². The van der Waals surface area contributed by atoms with E-state index in [2.05, 4.69) is 0 Å². The second kappa shape index (κ2) is 6.30. The number of hydrogen-bond acceptors (Lipinski definition) is 4. The minimum atomic E-state index is -0.167. The lowest BCUT2D eigenvalue weighted by molar-refractivity contribution is 0.0983. The molecule has 5 nitrogen and oxygen atoms in total. The minimum absolute atomic E-state index is 0.0110. The molecule has 0 fully saturated rings. The van der Waals surface area contributed by atoms with Gasteiger partial charge < -0.3 is 20.2 Å². The number of aromatic hydroxyl groups is 2. The van der Waals surface area contributed by atoms with E-state index in [1.807, 2.05) is 6.07 Å². The summed E-state index contributed by atoms with van der Waals surface area (Å²) in [5, 5.41) is 29.3. The van der Waals surface area contributed by atoms with Crippen LogP contribution in [0.5, 0.6) is 11.5 Å². The Balaban J connectivity index is 2.05. The van der Waals surface area contributed by atoms with Crippen molar-refractivity contribution in [1.29, 1.82) is 0 Å². The van der Waals surface area contributed by atoms with Gasteiger partial charge in [-0.05, 0) is 30.9 Å². The van der Waals surface area contributed by atoms with Crippen LogP contribution in [0.4, 0.5) is 5.69 Å². The van der Waals surface area contributed by atoms with E-state index < -0.39 is 0 Å². The Kier molecular flexibility index (Phi) is 4.21. The van der Waals surface area contributed by atoms with Gasteiger partial charge in [-0.1, -0.05) is 18.2 Å². The normalized spacial score (nSPS) is 16.9. The molecular formula is C18H19NO4. The summed E-state index contributed by atoms with van der Waals surface area (Å²) in [7, 11) is 0. The van der Waals surface area contributed by atoms with E-state index in [4.69, 9.17) is 0 Å². The molecule has 3 N–H and O–H groups in total. The van der Waals surface area contributed by atoms with Crippen molar-refractivity contribution in [3.05, 3.63) is 53.6 Å². The molecule has 120 valence electrons. The highest BCUT2D eigenvalue weighted by atomic mass is 16.3. The van der Waals surface area contributed by atoms with Crippen LogP contribution in [-0.4, -0.2) is 34.4 Å². The average molecular weight is 313 g/mol. The van der Waals surface area contributed by atoms with Gasteiger partial charge in [-0.2, -0.15) is 0 Å². The van der Waals surface area contributed by atoms with Crippen LogP contribution in [0.15, 0.2) is 42.5 Å². The number of amides is 1. The zero-order valence-electron chi connectivity index (χ0n) is 12.6. The van der Waals surface area contributed by atoms with Crippen molar-refractivity contribution in [2.24, 2.45) is 0 Å². The molecule has 0 radical (unpaired) electrons. The van der Waals surface area contributed by atoms with E-state index in [1.54, 1.807) is 29.2 Å². The van der Waals surface area contributed by atoms with Crippen molar-refractivity contribution in [3.8, 4) is 11.5 Å². The molecule has 2 aromatic rings. The topological polar surface area (TPSA) is 81.0 Å². The molecule has 5 heteroatoms. The van der Waals surface area contributed by atoms with Gasteiger partial charge in [0.05, 0.1) is 5.69 Å². The Bertz CT molecular complexity index is 714. The number of anilines is 1. The van der Waals surface area contributed by atoms with Crippen LogP contribution in [0.3, 0.4) is 0 Å². The lowest BCUT2D eigenvalue weighted by atomic mass is 9.86. The molecule has 0 saturated heterocycles. The maximum absolute atomic E-state index is 12.8. The lowest BCUT2D eigenvalue weighted by Crippen LogP contribution is -2.37. The first kappa shape index (κ1) is 15.4. The first-order valence-electron chi connectivity index (χ1n) is 7.65. The first-order valence-corrected chi connectivity index (χ1v) is 7.65. The van der Waals surface area contributed by atoms with Gasteiger partial charge in [-0.3, -0.25) is 4.79 Å². The third-order valence-electron chi connectivity index (χ3n) is 4.26. The highest BCUT2D eigenvalue weighted by molar-refractivity contribution is 6.07. The van der Waals surface area contributed by atoms with E-state index in [-0.39, 0.29) is 29.9 Å². The predicted molar refractivity (Wildman–Crippen MR) is 87.0 cm³/mol. The van der Waals surface area contributed by atoms with Gasteiger partial charge in [-0.15, -0.1) is 0 Å². The maximum atomic E-state index is 12.8. The van der Waals surface area contributed by atoms with E-state index in [0.717, 1.165) is 0 Å². The van der Waals surface area contributed by atoms with Crippen LogP contribution in [0.1, 0.15) is 34.7 Å². The Labute approximate surface area is 134 Å². The number of rotatable bonds is 3. The number of hydrogen-bond donors (Lipinski definition) is 3. The fourth-order valence-electron chi connectivity index (χ4n) is 3.19. The molecule has 23 heavy (non-hydrogen) atoms. The minimum Gasteiger partial charge on any atom is -0.508 e. The third kappa shape index (κ3) is 2.87. The van der Waals surface area contributed by atoms with Crippen molar-refractivity contribution in [2.45, 2.75) is 18.8 Å². The summed E-state index contributed by atoms with van der Waals surface area (Å²) in [5.41, 5.74) is 1.69. The summed E-state index contributed by atoms with van der Waals surface area (Å²) in [6.45, 7) is 0.491. The van der Waals surface area contributed by atoms with Gasteiger partial charge in [0.25, 0.3) is 5.91 Å². The predicted octanol–water partition coefficient (Wildman–Crippen LogP) is 2.61. The third-order valence-corrected chi connectivity index (χ3v) is 4.26. The molecule has 1 atom stereocenters. The zero-order valence-corrected chi connectivity index (χ0v) is 12.6. The molecule has 1 heterocycles. The number of carbonyl (C=O) groups excluding carboxylic acids is 1. The number of carbonyl (C=O) groups is 1. The quantitative estimate of drug-likeness (QED) is 0.813. The summed E-state index contributed by atoms with van der Waals surface area (Å²) >= 11 is 0. The number of aliphatic hydroxyl groups is 1. The summed E-state index contributed by atoms with van der Waals surface area (Å²) < 4.78 is 0. The van der Waals surface area contributed by atoms with Crippen LogP contribution >= 0.6 is 0 Å². The van der Waals surface area contributed by atoms with Crippen LogP contribution in [-0.2, 0) is 0 Å². The van der Waals surface area contributed by atoms with Crippen molar-refractivity contribution in [1.82, 2.24) is 0 Å². The van der Waals surface area contributed by atoms with Crippen molar-refractivity contribution in [3.63, 3.8) is 0 Å². The highest BCUT2D eigenvalue weighted by Crippen LogP contribution is 2.44. The van der Waals surface area contributed by atoms with Crippen molar-refractivity contribution in [2.75, 3.05) is 18.1 Å². The number of nitrogens with zero attached hydrogens (tertiary/aromatic N) is 1. The Morgan fingerprint density at radius 2 is 1.91 bits per heavy atom. The zero-order chi connectivity index (χ0) is 16.4. The lowest BCUT2D eigenvalue weighted by Gasteiger charge is -2.34. The van der Waals surface area contributed by atoms with Gasteiger partial charge in [0.15, 0.2) is 0 Å². The maximum Gasteiger partial charge on any atom is 0.258 e. The number of phenolic OH excluding ortho intramolecular Hbond substituents is 2. The fraction of sp³-hybridized carbons (Fsp3) is 0.278. The number of aliphatic hydroxyl groups excluding tert-OH is 1. The molecule has 1 aliphatic heterocycles. The number of benzene rings is 2. The first-order chi connectivity index (χ1) is 11.1. The second-order valence-corrected chi connectivity index (χ2v) is 5.72. The molecule has 0 spiro atoms. The standard InChI is InChI=1S/C18H19NO4/c20-9-7-12-6-8-19(18(23)13-4-2-1-3-5-13)15-10-14(21)11-16(22)17(12)15/h1-5,10-12,20-22H,6-9H2/t12-/m0/s1. The summed E-state index contributed by atoms with van der Waals surface area (Å²) in [6, 6.07) is 11.7. The molecule has 0 aliphatic carbocycles. The highest BCUT2D eigenvalue weighted by Gasteiger charge is 2.31. The van der Waals surface area contributed by atoms with E-state index >= 15 is 0 Å². The Morgan fingerprint density at radius 3 is 2.61 bits per heavy atom. The van der Waals surface area contributed by atoms with Crippen molar-refractivity contribution < 1.29 is 20.1 Å². The Morgan fingerprint density at radius 1 is 1.17 bits per heavy atom. The molecule has 1 amide bonds. The van der Waals surface area contributed by atoms with Gasteiger partial charge in [0.2, 0.25) is 0 Å². The smallest absolute Gasteiger partial charge is 0.258 e. The summed E-state index contributed by atoms with van der Waals surface area (Å²) in [6.07, 6.45) is 1.17. The summed E-state index contributed by atoms with van der Waals surface area (Å²) in [5.74, 6) is -0.324. The van der Waals surface area contributed by atoms with E-state index in [0.29, 0.717) is 36.2 Å². The van der Waals surface area contributed by atoms with Crippen LogP contribution in [0.2, 0.25) is 0 Å².